The van der Waals surface area contributed by atoms with E-state index in [4.69, 9.17) is 9.47 Å². The topological polar surface area (TPSA) is 97.0 Å². The van der Waals surface area contributed by atoms with Crippen LogP contribution in [0, 0.1) is 5.92 Å². The van der Waals surface area contributed by atoms with Crippen LogP contribution in [0.15, 0.2) is 54.6 Å². The van der Waals surface area contributed by atoms with E-state index in [-0.39, 0.29) is 49.8 Å². The predicted octanol–water partition coefficient (Wildman–Crippen LogP) is 1.11. The number of likely N-dealkylation sites (tertiary alicyclic amines) is 1. The van der Waals surface area contributed by atoms with Crippen molar-refractivity contribution in [1.82, 2.24) is 15.5 Å². The molecule has 2 N–H and O–H groups in total. The Bertz CT molecular complexity index is 949. The fraction of sp³-hybridized carbons (Fsp3) is 0.348. The largest absolute Gasteiger partial charge is 0.485 e. The summed E-state index contributed by atoms with van der Waals surface area (Å²) < 4.78 is 11.2. The number of nitrogens with zero attached hydrogens (tertiary/aromatic N) is 1. The number of hydrogen-bond donors (Lipinski definition) is 2. The van der Waals surface area contributed by atoms with Crippen LogP contribution in [0.2, 0.25) is 0 Å². The van der Waals surface area contributed by atoms with Gasteiger partial charge >= 0.3 is 0 Å². The molecule has 0 aliphatic carbocycles. The van der Waals surface area contributed by atoms with Gasteiger partial charge in [-0.1, -0.05) is 42.5 Å². The van der Waals surface area contributed by atoms with Crippen molar-refractivity contribution >= 4 is 17.7 Å². The van der Waals surface area contributed by atoms with Crippen molar-refractivity contribution in [2.75, 3.05) is 26.2 Å². The highest BCUT2D eigenvalue weighted by atomic mass is 16.6. The van der Waals surface area contributed by atoms with Gasteiger partial charge in [0.15, 0.2) is 11.5 Å². The Labute approximate surface area is 180 Å². The van der Waals surface area contributed by atoms with E-state index in [2.05, 4.69) is 10.6 Å². The van der Waals surface area contributed by atoms with E-state index >= 15 is 0 Å². The molecule has 2 aromatic rings. The molecule has 1 fully saturated rings. The lowest BCUT2D eigenvalue weighted by molar-refractivity contribution is -0.130. The van der Waals surface area contributed by atoms with E-state index in [0.717, 1.165) is 5.56 Å². The number of carbonyl (C=O) groups excluding carboxylic acids is 3. The third kappa shape index (κ3) is 5.14. The summed E-state index contributed by atoms with van der Waals surface area (Å²) in [5, 5.41) is 5.54. The molecule has 2 aliphatic rings. The Morgan fingerprint density at radius 3 is 2.39 bits per heavy atom. The van der Waals surface area contributed by atoms with E-state index < -0.39 is 6.10 Å². The van der Waals surface area contributed by atoms with Crippen molar-refractivity contribution in [1.29, 1.82) is 0 Å². The van der Waals surface area contributed by atoms with Crippen molar-refractivity contribution in [3.8, 4) is 11.5 Å². The lowest BCUT2D eigenvalue weighted by Crippen LogP contribution is -2.46. The smallest absolute Gasteiger partial charge is 0.264 e. The molecular weight excluding hydrogens is 398 g/mol. The van der Waals surface area contributed by atoms with Crippen molar-refractivity contribution in [2.24, 2.45) is 5.92 Å². The Morgan fingerprint density at radius 2 is 1.61 bits per heavy atom. The molecule has 2 aromatic carbocycles. The highest BCUT2D eigenvalue weighted by molar-refractivity contribution is 5.89. The van der Waals surface area contributed by atoms with Gasteiger partial charge in [-0.2, -0.15) is 0 Å². The molecule has 2 atom stereocenters. The monoisotopic (exact) mass is 423 g/mol. The number of amides is 3. The van der Waals surface area contributed by atoms with Gasteiger partial charge in [0, 0.05) is 32.6 Å². The molecule has 162 valence electrons. The van der Waals surface area contributed by atoms with Crippen LogP contribution in [-0.4, -0.2) is 55.0 Å². The van der Waals surface area contributed by atoms with Crippen molar-refractivity contribution in [2.45, 2.75) is 19.1 Å². The van der Waals surface area contributed by atoms with Crippen LogP contribution >= 0.6 is 0 Å². The van der Waals surface area contributed by atoms with Crippen molar-refractivity contribution < 1.29 is 23.9 Å². The summed E-state index contributed by atoms with van der Waals surface area (Å²) in [4.78, 5) is 38.7. The van der Waals surface area contributed by atoms with Crippen LogP contribution in [-0.2, 0) is 20.9 Å². The second kappa shape index (κ2) is 9.51. The molecule has 0 aromatic heterocycles. The predicted molar refractivity (Wildman–Crippen MR) is 112 cm³/mol. The maximum Gasteiger partial charge on any atom is 0.264 e. The molecule has 2 aliphatic heterocycles. The van der Waals surface area contributed by atoms with Crippen LogP contribution in [0.1, 0.15) is 12.0 Å². The van der Waals surface area contributed by atoms with E-state index in [1.807, 2.05) is 42.5 Å². The van der Waals surface area contributed by atoms with E-state index in [0.29, 0.717) is 24.6 Å². The number of carbonyl (C=O) groups is 3. The second-order valence-corrected chi connectivity index (χ2v) is 7.61. The first-order valence-corrected chi connectivity index (χ1v) is 10.4. The zero-order valence-corrected chi connectivity index (χ0v) is 17.1. The molecule has 2 unspecified atom stereocenters. The first-order chi connectivity index (χ1) is 15.1. The van der Waals surface area contributed by atoms with Crippen LogP contribution in [0.25, 0.3) is 0 Å². The molecule has 0 saturated carbocycles. The minimum atomic E-state index is -0.732. The second-order valence-electron chi connectivity index (χ2n) is 7.61. The summed E-state index contributed by atoms with van der Waals surface area (Å²) >= 11 is 0. The summed E-state index contributed by atoms with van der Waals surface area (Å²) in [7, 11) is 0. The van der Waals surface area contributed by atoms with Gasteiger partial charge in [0.2, 0.25) is 17.9 Å². The van der Waals surface area contributed by atoms with Crippen LogP contribution in [0.3, 0.4) is 0 Å². The highest BCUT2D eigenvalue weighted by Gasteiger charge is 2.34. The number of benzene rings is 2. The zero-order valence-electron chi connectivity index (χ0n) is 17.1. The molecule has 2 heterocycles. The number of hydrogen-bond acceptors (Lipinski definition) is 5. The Hall–Kier alpha value is -3.55. The van der Waals surface area contributed by atoms with Crippen molar-refractivity contribution in [3.05, 3.63) is 60.2 Å². The summed E-state index contributed by atoms with van der Waals surface area (Å²) in [6.45, 7) is 1.58. The first kappa shape index (κ1) is 20.7. The van der Waals surface area contributed by atoms with Gasteiger partial charge < -0.3 is 25.0 Å². The number of ether oxygens (including phenoxy) is 2. The Balaban J connectivity index is 1.17. The Kier molecular flexibility index (Phi) is 6.35. The number of para-hydroxylation sites is 2. The molecule has 0 radical (unpaired) electrons. The minimum absolute atomic E-state index is 0.0213. The molecule has 8 heteroatoms. The zero-order chi connectivity index (χ0) is 21.6. The molecule has 3 amide bonds. The molecule has 0 bridgehead atoms. The minimum Gasteiger partial charge on any atom is -0.485 e. The van der Waals surface area contributed by atoms with Crippen molar-refractivity contribution in [3.63, 3.8) is 0 Å². The maximum absolute atomic E-state index is 12.4. The number of nitrogens with one attached hydrogen (secondary N) is 2. The fourth-order valence-electron chi connectivity index (χ4n) is 3.68. The third-order valence-electron chi connectivity index (χ3n) is 5.33. The van der Waals surface area contributed by atoms with Crippen LogP contribution < -0.4 is 20.1 Å². The molecule has 1 saturated heterocycles. The van der Waals surface area contributed by atoms with Gasteiger partial charge in [-0.05, 0) is 17.7 Å². The molecular formula is C23H25N3O5. The summed E-state index contributed by atoms with van der Waals surface area (Å²) in [5.41, 5.74) is 1.04. The first-order valence-electron chi connectivity index (χ1n) is 10.4. The van der Waals surface area contributed by atoms with E-state index in [9.17, 15) is 14.4 Å². The standard InChI is InChI=1S/C23H25N3O5/c27-21-12-17(14-26(21)13-16-6-2-1-3-7-16)22(28)24-10-11-25-23(29)20-15-30-18-8-4-5-9-19(18)31-20/h1-9,17,20H,10-15H2,(H,24,28)(H,25,29). The molecule has 31 heavy (non-hydrogen) atoms. The SMILES string of the molecule is O=C(NCCNC(=O)C1COc2ccccc2O1)C1CC(=O)N(Cc2ccccc2)C1. The summed E-state index contributed by atoms with van der Waals surface area (Å²) in [5.74, 6) is 0.281. The van der Waals surface area contributed by atoms with Gasteiger partial charge in [-0.3, -0.25) is 14.4 Å². The molecule has 8 nitrogen and oxygen atoms in total. The quantitative estimate of drug-likeness (QED) is 0.651. The van der Waals surface area contributed by atoms with E-state index in [1.165, 1.54) is 0 Å². The summed E-state index contributed by atoms with van der Waals surface area (Å²) in [6.07, 6.45) is -0.526. The van der Waals surface area contributed by atoms with Gasteiger partial charge in [-0.25, -0.2) is 0 Å². The lowest BCUT2D eigenvalue weighted by atomic mass is 10.1. The fourth-order valence-corrected chi connectivity index (χ4v) is 3.68. The van der Waals surface area contributed by atoms with Gasteiger partial charge in [-0.15, -0.1) is 0 Å². The molecule has 0 spiro atoms. The van der Waals surface area contributed by atoms with Crippen LogP contribution in [0.4, 0.5) is 0 Å². The van der Waals surface area contributed by atoms with E-state index in [1.54, 1.807) is 17.0 Å². The highest BCUT2D eigenvalue weighted by Crippen LogP contribution is 2.30. The maximum atomic E-state index is 12.4. The number of fused-ring (bicyclic) bond motifs is 1. The lowest BCUT2D eigenvalue weighted by Gasteiger charge is -2.25. The van der Waals surface area contributed by atoms with Gasteiger partial charge in [0.1, 0.15) is 6.61 Å². The third-order valence-corrected chi connectivity index (χ3v) is 5.33. The van der Waals surface area contributed by atoms with Crippen LogP contribution in [0.5, 0.6) is 11.5 Å². The molecule has 4 rings (SSSR count). The average Bonchev–Trinajstić information content (AvgIpc) is 3.17. The normalized spacial score (nSPS) is 19.7. The average molecular weight is 423 g/mol. The number of rotatable bonds is 7. The van der Waals surface area contributed by atoms with Gasteiger partial charge in [0.25, 0.3) is 5.91 Å². The van der Waals surface area contributed by atoms with Gasteiger partial charge in [0.05, 0.1) is 5.92 Å². The Morgan fingerprint density at radius 1 is 0.935 bits per heavy atom. The summed E-state index contributed by atoms with van der Waals surface area (Å²) in [6, 6.07) is 16.9.